The zero-order valence-corrected chi connectivity index (χ0v) is 24.4. The molecule has 4 aromatic carbocycles. The van der Waals surface area contributed by atoms with Crippen LogP contribution in [0, 0.1) is 11.7 Å². The number of allylic oxidation sites excluding steroid dienone is 2. The minimum Gasteiger partial charge on any atom is -0.478 e. The van der Waals surface area contributed by atoms with Crippen LogP contribution in [0.25, 0.3) is 16.7 Å². The fraction of sp³-hybridized carbons (Fsp3) is 0.243. The molecule has 0 aromatic heterocycles. The third kappa shape index (κ3) is 6.06. The van der Waals surface area contributed by atoms with Gasteiger partial charge in [0.1, 0.15) is 5.82 Å². The number of carbonyl (C=O) groups excluding carboxylic acids is 1. The summed E-state index contributed by atoms with van der Waals surface area (Å²) >= 11 is 0. The Hall–Kier alpha value is -4.51. The molecule has 0 saturated carbocycles. The van der Waals surface area contributed by atoms with Gasteiger partial charge in [-0.3, -0.25) is 4.79 Å². The van der Waals surface area contributed by atoms with Crippen molar-refractivity contribution in [3.63, 3.8) is 0 Å². The fourth-order valence-corrected chi connectivity index (χ4v) is 6.03. The van der Waals surface area contributed by atoms with Crippen LogP contribution in [0.4, 0.5) is 4.39 Å². The summed E-state index contributed by atoms with van der Waals surface area (Å²) in [5.41, 5.74) is 9.46. The van der Waals surface area contributed by atoms with Crippen molar-refractivity contribution in [2.75, 3.05) is 0 Å². The molecule has 0 spiro atoms. The number of rotatable bonds is 7. The molecular weight excluding hydrogens is 525 g/mol. The van der Waals surface area contributed by atoms with Gasteiger partial charge < -0.3 is 10.4 Å². The van der Waals surface area contributed by atoms with Crippen LogP contribution in [0.1, 0.15) is 89.0 Å². The van der Waals surface area contributed by atoms with Crippen LogP contribution in [0.2, 0.25) is 0 Å². The standard InChI is InChI=1S/C37H36FNO3/c1-22-19-30(20-26-9-11-28(12-10-26)33-7-5-6-8-34(33)37(41)42)24(3)32-18-15-29(21-35(32)23(22)2)36(40)39-25(4)27-13-16-31(38)17-14-27/h5-18,21,24-25,30H,19-20H2,1-4H3,(H,39,40)(H,41,42). The van der Waals surface area contributed by atoms with Crippen LogP contribution in [0.3, 0.4) is 0 Å². The molecule has 5 rings (SSSR count). The van der Waals surface area contributed by atoms with Crippen molar-refractivity contribution in [2.24, 2.45) is 5.92 Å². The number of amides is 1. The second-order valence-electron chi connectivity index (χ2n) is 11.5. The Morgan fingerprint density at radius 2 is 1.62 bits per heavy atom. The predicted molar refractivity (Wildman–Crippen MR) is 166 cm³/mol. The van der Waals surface area contributed by atoms with Crippen molar-refractivity contribution in [1.29, 1.82) is 0 Å². The fourth-order valence-electron chi connectivity index (χ4n) is 6.03. The van der Waals surface area contributed by atoms with E-state index in [0.29, 0.717) is 17.0 Å². The molecule has 4 nitrogen and oxygen atoms in total. The summed E-state index contributed by atoms with van der Waals surface area (Å²) in [5, 5.41) is 12.6. The highest BCUT2D eigenvalue weighted by Gasteiger charge is 2.27. The maximum atomic E-state index is 13.3. The van der Waals surface area contributed by atoms with Gasteiger partial charge in [0.2, 0.25) is 0 Å². The van der Waals surface area contributed by atoms with E-state index in [2.05, 4.69) is 44.3 Å². The maximum Gasteiger partial charge on any atom is 0.336 e. The van der Waals surface area contributed by atoms with Crippen molar-refractivity contribution in [3.8, 4) is 11.1 Å². The van der Waals surface area contributed by atoms with E-state index in [9.17, 15) is 19.1 Å². The molecule has 0 radical (unpaired) electrons. The Morgan fingerprint density at radius 1 is 0.929 bits per heavy atom. The number of benzene rings is 4. The van der Waals surface area contributed by atoms with Gasteiger partial charge in [0, 0.05) is 5.56 Å². The smallest absolute Gasteiger partial charge is 0.336 e. The molecule has 0 fully saturated rings. The molecule has 3 atom stereocenters. The van der Waals surface area contributed by atoms with Crippen LogP contribution in [0.15, 0.2) is 96.6 Å². The first-order valence-electron chi connectivity index (χ1n) is 14.4. The first kappa shape index (κ1) is 29.0. The summed E-state index contributed by atoms with van der Waals surface area (Å²) in [5.74, 6) is -0.738. The first-order valence-corrected chi connectivity index (χ1v) is 14.4. The van der Waals surface area contributed by atoms with Gasteiger partial charge in [-0.1, -0.05) is 73.2 Å². The van der Waals surface area contributed by atoms with Gasteiger partial charge in [-0.25, -0.2) is 9.18 Å². The highest BCUT2D eigenvalue weighted by Crippen LogP contribution is 2.41. The summed E-state index contributed by atoms with van der Waals surface area (Å²) < 4.78 is 13.3. The first-order chi connectivity index (χ1) is 20.1. The van der Waals surface area contributed by atoms with Crippen LogP contribution < -0.4 is 5.32 Å². The minimum absolute atomic E-state index is 0.155. The molecule has 2 N–H and O–H groups in total. The largest absolute Gasteiger partial charge is 0.478 e. The van der Waals surface area contributed by atoms with Gasteiger partial charge in [-0.15, -0.1) is 0 Å². The lowest BCUT2D eigenvalue weighted by Crippen LogP contribution is -2.26. The van der Waals surface area contributed by atoms with E-state index in [0.717, 1.165) is 35.1 Å². The molecule has 5 heteroatoms. The minimum atomic E-state index is -0.929. The SMILES string of the molecule is CC1=C(C)c2cc(C(=O)NC(C)c3ccc(F)cc3)ccc2C(C)C(Cc2ccc(-c3ccccc3C(=O)O)cc2)C1. The van der Waals surface area contributed by atoms with Gasteiger partial charge in [-0.05, 0) is 115 Å². The third-order valence-electron chi connectivity index (χ3n) is 8.76. The van der Waals surface area contributed by atoms with Crippen molar-refractivity contribution in [3.05, 3.63) is 136 Å². The second-order valence-corrected chi connectivity index (χ2v) is 11.5. The zero-order chi connectivity index (χ0) is 30.0. The van der Waals surface area contributed by atoms with E-state index in [1.54, 1.807) is 24.3 Å². The van der Waals surface area contributed by atoms with E-state index in [-0.39, 0.29) is 23.7 Å². The summed E-state index contributed by atoms with van der Waals surface area (Å²) in [4.78, 5) is 24.9. The Labute approximate surface area is 246 Å². The van der Waals surface area contributed by atoms with Crippen LogP contribution in [-0.4, -0.2) is 17.0 Å². The molecule has 0 heterocycles. The predicted octanol–water partition coefficient (Wildman–Crippen LogP) is 8.84. The molecular formula is C37H36FNO3. The number of nitrogens with one attached hydrogen (secondary N) is 1. The number of hydrogen-bond acceptors (Lipinski definition) is 2. The lowest BCUT2D eigenvalue weighted by molar-refractivity contribution is 0.0697. The average Bonchev–Trinajstić information content (AvgIpc) is 3.08. The highest BCUT2D eigenvalue weighted by atomic mass is 19.1. The Bertz CT molecular complexity index is 1650. The van der Waals surface area contributed by atoms with Crippen molar-refractivity contribution in [1.82, 2.24) is 5.32 Å². The van der Waals surface area contributed by atoms with E-state index >= 15 is 0 Å². The number of halogens is 1. The molecule has 1 aliphatic carbocycles. The topological polar surface area (TPSA) is 66.4 Å². The maximum absolute atomic E-state index is 13.3. The zero-order valence-electron chi connectivity index (χ0n) is 24.4. The van der Waals surface area contributed by atoms with Crippen molar-refractivity contribution < 1.29 is 19.1 Å². The van der Waals surface area contributed by atoms with Crippen molar-refractivity contribution >= 4 is 17.4 Å². The Kier molecular flexibility index (Phi) is 8.39. The molecule has 3 unspecified atom stereocenters. The summed E-state index contributed by atoms with van der Waals surface area (Å²) in [7, 11) is 0. The molecule has 214 valence electrons. The number of carbonyl (C=O) groups is 2. The van der Waals surface area contributed by atoms with E-state index in [1.165, 1.54) is 34.4 Å². The summed E-state index contributed by atoms with van der Waals surface area (Å²) in [6.07, 6.45) is 1.85. The van der Waals surface area contributed by atoms with E-state index in [4.69, 9.17) is 0 Å². The molecule has 0 aliphatic heterocycles. The number of fused-ring (bicyclic) bond motifs is 1. The van der Waals surface area contributed by atoms with Gasteiger partial charge in [0.05, 0.1) is 11.6 Å². The Morgan fingerprint density at radius 3 is 2.31 bits per heavy atom. The van der Waals surface area contributed by atoms with Gasteiger partial charge in [0.25, 0.3) is 5.91 Å². The van der Waals surface area contributed by atoms with Crippen LogP contribution >= 0.6 is 0 Å². The lowest BCUT2D eigenvalue weighted by Gasteiger charge is -2.24. The number of aromatic carboxylic acids is 1. The average molecular weight is 562 g/mol. The third-order valence-corrected chi connectivity index (χ3v) is 8.76. The number of carboxylic acid groups (broad SMARTS) is 1. The number of carboxylic acids is 1. The van der Waals surface area contributed by atoms with E-state index in [1.807, 2.05) is 43.3 Å². The molecule has 1 amide bonds. The molecule has 0 bridgehead atoms. The Balaban J connectivity index is 1.35. The number of hydrogen-bond donors (Lipinski definition) is 2. The molecule has 4 aromatic rings. The normalized spacial score (nSPS) is 17.3. The second kappa shape index (κ2) is 12.2. The quantitative estimate of drug-likeness (QED) is 0.237. The molecule has 42 heavy (non-hydrogen) atoms. The van der Waals surface area contributed by atoms with Crippen LogP contribution in [0.5, 0.6) is 0 Å². The molecule has 1 aliphatic rings. The summed E-state index contributed by atoms with van der Waals surface area (Å²) in [6, 6.07) is 27.3. The van der Waals surface area contributed by atoms with Gasteiger partial charge >= 0.3 is 5.97 Å². The highest BCUT2D eigenvalue weighted by molar-refractivity contribution is 5.96. The summed E-state index contributed by atoms with van der Waals surface area (Å²) in [6.45, 7) is 8.48. The molecule has 0 saturated heterocycles. The monoisotopic (exact) mass is 561 g/mol. The van der Waals surface area contributed by atoms with Gasteiger partial charge in [0.15, 0.2) is 0 Å². The van der Waals surface area contributed by atoms with Crippen LogP contribution in [-0.2, 0) is 6.42 Å². The van der Waals surface area contributed by atoms with Gasteiger partial charge in [-0.2, -0.15) is 0 Å². The van der Waals surface area contributed by atoms with Crippen molar-refractivity contribution in [2.45, 2.75) is 52.5 Å². The lowest BCUT2D eigenvalue weighted by atomic mass is 9.80. The van der Waals surface area contributed by atoms with E-state index < -0.39 is 5.97 Å².